The summed E-state index contributed by atoms with van der Waals surface area (Å²) in [5, 5.41) is 7.57. The van der Waals surface area contributed by atoms with E-state index in [1.165, 1.54) is 0 Å². The number of carbonyl (C=O) groups is 1. The average molecular weight is 351 g/mol. The molecule has 0 saturated heterocycles. The van der Waals surface area contributed by atoms with Crippen LogP contribution in [-0.2, 0) is 33.5 Å². The first-order chi connectivity index (χ1) is 12.2. The van der Waals surface area contributed by atoms with Crippen LogP contribution >= 0.6 is 0 Å². The van der Waals surface area contributed by atoms with E-state index >= 15 is 0 Å². The fourth-order valence-electron chi connectivity index (χ4n) is 2.97. The minimum absolute atomic E-state index is 0.108. The molecule has 3 aromatic rings. The summed E-state index contributed by atoms with van der Waals surface area (Å²) in [4.78, 5) is 12.5. The molecule has 25 heavy (non-hydrogen) atoms. The fraction of sp³-hybridized carbons (Fsp3) is 0.158. The number of nitrogens with one attached hydrogen (secondary N) is 1. The third-order valence-electron chi connectivity index (χ3n) is 4.14. The SMILES string of the molecule is O=C(Cc1ccccc1)Nc1c2c(nn1-c1ccccc1)C[S@](=O)C2. The van der Waals surface area contributed by atoms with Crippen LogP contribution in [0.1, 0.15) is 16.8 Å². The maximum absolute atomic E-state index is 12.5. The lowest BCUT2D eigenvalue weighted by Crippen LogP contribution is -2.18. The number of nitrogens with zero attached hydrogens (tertiary/aromatic N) is 2. The fourth-order valence-corrected chi connectivity index (χ4v) is 4.23. The second-order valence-electron chi connectivity index (χ2n) is 5.96. The number of benzene rings is 2. The topological polar surface area (TPSA) is 64.0 Å². The summed E-state index contributed by atoms with van der Waals surface area (Å²) >= 11 is 0. The summed E-state index contributed by atoms with van der Waals surface area (Å²) in [6.07, 6.45) is 0.290. The Morgan fingerprint density at radius 2 is 1.72 bits per heavy atom. The quantitative estimate of drug-likeness (QED) is 0.786. The highest BCUT2D eigenvalue weighted by Crippen LogP contribution is 2.31. The molecule has 0 bridgehead atoms. The number of amides is 1. The number of para-hydroxylation sites is 1. The lowest BCUT2D eigenvalue weighted by atomic mass is 10.1. The molecule has 1 aliphatic rings. The van der Waals surface area contributed by atoms with Crippen LogP contribution < -0.4 is 5.32 Å². The summed E-state index contributed by atoms with van der Waals surface area (Å²) in [6.45, 7) is 0. The van der Waals surface area contributed by atoms with Crippen LogP contribution in [0, 0.1) is 0 Å². The number of rotatable bonds is 4. The predicted octanol–water partition coefficient (Wildman–Crippen LogP) is 2.82. The van der Waals surface area contributed by atoms with Gasteiger partial charge in [-0.15, -0.1) is 0 Å². The molecule has 0 spiro atoms. The average Bonchev–Trinajstić information content (AvgIpc) is 3.14. The molecule has 0 fully saturated rings. The number of anilines is 1. The van der Waals surface area contributed by atoms with Gasteiger partial charge in [-0.25, -0.2) is 4.68 Å². The monoisotopic (exact) mass is 351 g/mol. The number of aromatic nitrogens is 2. The van der Waals surface area contributed by atoms with Gasteiger partial charge in [0.2, 0.25) is 5.91 Å². The summed E-state index contributed by atoms with van der Waals surface area (Å²) in [5.74, 6) is 1.40. The van der Waals surface area contributed by atoms with Crippen molar-refractivity contribution in [1.82, 2.24) is 9.78 Å². The Labute approximate surface area is 148 Å². The van der Waals surface area contributed by atoms with Gasteiger partial charge in [-0.05, 0) is 17.7 Å². The van der Waals surface area contributed by atoms with Crippen molar-refractivity contribution < 1.29 is 9.00 Å². The Kier molecular flexibility index (Phi) is 4.19. The van der Waals surface area contributed by atoms with Crippen molar-refractivity contribution in [3.05, 3.63) is 77.5 Å². The Bertz CT molecular complexity index is 936. The van der Waals surface area contributed by atoms with Crippen molar-refractivity contribution in [3.8, 4) is 5.69 Å². The normalized spacial score (nSPS) is 15.8. The number of carbonyl (C=O) groups excluding carboxylic acids is 1. The molecule has 0 aliphatic carbocycles. The van der Waals surface area contributed by atoms with Crippen LogP contribution in [0.5, 0.6) is 0 Å². The third kappa shape index (κ3) is 3.25. The zero-order valence-corrected chi connectivity index (χ0v) is 14.3. The van der Waals surface area contributed by atoms with Crippen molar-refractivity contribution in [3.63, 3.8) is 0 Å². The van der Waals surface area contributed by atoms with E-state index in [9.17, 15) is 9.00 Å². The summed E-state index contributed by atoms with van der Waals surface area (Å²) in [5.41, 5.74) is 3.50. The van der Waals surface area contributed by atoms with Gasteiger partial charge in [0.15, 0.2) is 0 Å². The van der Waals surface area contributed by atoms with Crippen LogP contribution in [0.25, 0.3) is 5.69 Å². The Balaban J connectivity index is 1.66. The summed E-state index contributed by atoms with van der Waals surface area (Å²) in [7, 11) is -0.943. The molecular weight excluding hydrogens is 334 g/mol. The molecule has 1 atom stereocenters. The Morgan fingerprint density at radius 3 is 2.44 bits per heavy atom. The highest BCUT2D eigenvalue weighted by molar-refractivity contribution is 7.83. The second kappa shape index (κ2) is 6.64. The maximum atomic E-state index is 12.5. The highest BCUT2D eigenvalue weighted by Gasteiger charge is 2.28. The van der Waals surface area contributed by atoms with Crippen LogP contribution in [0.15, 0.2) is 60.7 Å². The Morgan fingerprint density at radius 1 is 1.04 bits per heavy atom. The van der Waals surface area contributed by atoms with Crippen molar-refractivity contribution in [1.29, 1.82) is 0 Å². The van der Waals surface area contributed by atoms with Crippen LogP contribution in [0.4, 0.5) is 5.82 Å². The Hall–Kier alpha value is -2.73. The van der Waals surface area contributed by atoms with Gasteiger partial charge in [0.1, 0.15) is 5.82 Å². The molecule has 1 aliphatic heterocycles. The summed E-state index contributed by atoms with van der Waals surface area (Å²) in [6, 6.07) is 19.3. The van der Waals surface area contributed by atoms with E-state index in [2.05, 4.69) is 10.4 Å². The highest BCUT2D eigenvalue weighted by atomic mass is 32.2. The molecule has 2 aromatic carbocycles. The smallest absolute Gasteiger partial charge is 0.229 e. The zero-order chi connectivity index (χ0) is 17.2. The van der Waals surface area contributed by atoms with E-state index in [1.54, 1.807) is 4.68 Å². The molecule has 1 aromatic heterocycles. The first kappa shape index (κ1) is 15.8. The second-order valence-corrected chi connectivity index (χ2v) is 7.42. The number of fused-ring (bicyclic) bond motifs is 1. The molecule has 0 unspecified atom stereocenters. The standard InChI is InChI=1S/C19H17N3O2S/c23-18(11-14-7-3-1-4-8-14)20-19-16-12-25(24)13-17(16)21-22(19)15-9-5-2-6-10-15/h1-10H,11-13H2,(H,20,23)/t25-/m1/s1. The first-order valence-electron chi connectivity index (χ1n) is 8.05. The van der Waals surface area contributed by atoms with E-state index in [0.29, 0.717) is 23.7 Å². The van der Waals surface area contributed by atoms with E-state index in [4.69, 9.17) is 0 Å². The molecule has 2 heterocycles. The molecule has 126 valence electrons. The van der Waals surface area contributed by atoms with Crippen molar-refractivity contribution in [2.45, 2.75) is 17.9 Å². The maximum Gasteiger partial charge on any atom is 0.229 e. The van der Waals surface area contributed by atoms with Gasteiger partial charge in [0.05, 0.1) is 29.3 Å². The van der Waals surface area contributed by atoms with Crippen molar-refractivity contribution >= 4 is 22.5 Å². The van der Waals surface area contributed by atoms with E-state index < -0.39 is 10.8 Å². The van der Waals surface area contributed by atoms with Crippen molar-refractivity contribution in [2.24, 2.45) is 0 Å². The minimum atomic E-state index is -0.943. The minimum Gasteiger partial charge on any atom is -0.310 e. The van der Waals surface area contributed by atoms with Gasteiger partial charge in [-0.2, -0.15) is 5.10 Å². The number of hydrogen-bond acceptors (Lipinski definition) is 3. The molecule has 0 radical (unpaired) electrons. The molecule has 5 nitrogen and oxygen atoms in total. The van der Waals surface area contributed by atoms with Gasteiger partial charge in [-0.3, -0.25) is 9.00 Å². The van der Waals surface area contributed by atoms with E-state index in [1.807, 2.05) is 60.7 Å². The molecular formula is C19H17N3O2S. The van der Waals surface area contributed by atoms with Crippen LogP contribution in [-0.4, -0.2) is 19.9 Å². The largest absolute Gasteiger partial charge is 0.310 e. The first-order valence-corrected chi connectivity index (χ1v) is 9.54. The number of hydrogen-bond donors (Lipinski definition) is 1. The predicted molar refractivity (Wildman–Crippen MR) is 97.9 cm³/mol. The van der Waals surface area contributed by atoms with E-state index in [0.717, 1.165) is 22.5 Å². The molecule has 4 rings (SSSR count). The summed E-state index contributed by atoms with van der Waals surface area (Å²) < 4.78 is 13.6. The van der Waals surface area contributed by atoms with Gasteiger partial charge in [0, 0.05) is 16.4 Å². The zero-order valence-electron chi connectivity index (χ0n) is 13.5. The molecule has 1 amide bonds. The van der Waals surface area contributed by atoms with Crippen molar-refractivity contribution in [2.75, 3.05) is 5.32 Å². The van der Waals surface area contributed by atoms with Gasteiger partial charge in [-0.1, -0.05) is 48.5 Å². The van der Waals surface area contributed by atoms with Gasteiger partial charge in [0.25, 0.3) is 0 Å². The van der Waals surface area contributed by atoms with E-state index in [-0.39, 0.29) is 5.91 Å². The van der Waals surface area contributed by atoms with Crippen LogP contribution in [0.2, 0.25) is 0 Å². The van der Waals surface area contributed by atoms with Gasteiger partial charge < -0.3 is 5.32 Å². The van der Waals surface area contributed by atoms with Crippen LogP contribution in [0.3, 0.4) is 0 Å². The third-order valence-corrected chi connectivity index (χ3v) is 5.34. The molecule has 1 N–H and O–H groups in total. The molecule has 6 heteroatoms. The van der Waals surface area contributed by atoms with Gasteiger partial charge >= 0.3 is 0 Å². The molecule has 0 saturated carbocycles. The lowest BCUT2D eigenvalue weighted by Gasteiger charge is -2.11. The lowest BCUT2D eigenvalue weighted by molar-refractivity contribution is -0.115.